The first-order valence-electron chi connectivity index (χ1n) is 7.60. The topological polar surface area (TPSA) is 27.1 Å². The van der Waals surface area contributed by atoms with Crippen LogP contribution in [0, 0.1) is 23.2 Å². The number of rotatable bonds is 1. The van der Waals surface area contributed by atoms with Crippen LogP contribution in [0.5, 0.6) is 0 Å². The molecular weight excluding hydrogens is 208 g/mol. The molecule has 0 amide bonds. The molecule has 2 nitrogen and oxygen atoms in total. The Balaban J connectivity index is 1.65. The van der Waals surface area contributed by atoms with E-state index in [1.165, 1.54) is 57.9 Å². The van der Waals surface area contributed by atoms with Gasteiger partial charge in [0.15, 0.2) is 0 Å². The highest BCUT2D eigenvalue weighted by molar-refractivity contribution is 5.80. The maximum Gasteiger partial charge on any atom is 0.0962 e. The summed E-state index contributed by atoms with van der Waals surface area (Å²) >= 11 is 0. The van der Waals surface area contributed by atoms with Crippen LogP contribution in [0.1, 0.15) is 57.8 Å². The third-order valence-corrected chi connectivity index (χ3v) is 5.95. The lowest BCUT2D eigenvalue weighted by atomic mass is 9.52. The molecule has 0 aromatic heterocycles. The van der Waals surface area contributed by atoms with Crippen LogP contribution in [-0.4, -0.2) is 22.8 Å². The molecule has 0 aromatic carbocycles. The molecule has 1 aliphatic heterocycles. The Morgan fingerprint density at radius 3 is 2.06 bits per heavy atom. The van der Waals surface area contributed by atoms with Gasteiger partial charge in [-0.15, -0.1) is 0 Å². The fraction of sp³-hybridized carbons (Fsp3) is 0.933. The van der Waals surface area contributed by atoms with E-state index in [-0.39, 0.29) is 0 Å². The van der Waals surface area contributed by atoms with E-state index in [1.807, 2.05) is 0 Å². The van der Waals surface area contributed by atoms with Crippen molar-refractivity contribution in [2.75, 3.05) is 6.54 Å². The summed E-state index contributed by atoms with van der Waals surface area (Å²) in [4.78, 5) is 2.56. The predicted octanol–water partition coefficient (Wildman–Crippen LogP) is 3.42. The van der Waals surface area contributed by atoms with Crippen LogP contribution in [0.2, 0.25) is 0 Å². The van der Waals surface area contributed by atoms with Crippen molar-refractivity contribution in [1.29, 1.82) is 5.41 Å². The normalized spacial score (nSPS) is 48.8. The Kier molecular flexibility index (Phi) is 2.13. The number of amidine groups is 1. The van der Waals surface area contributed by atoms with Gasteiger partial charge >= 0.3 is 0 Å². The highest BCUT2D eigenvalue weighted by Crippen LogP contribution is 2.58. The van der Waals surface area contributed by atoms with Crippen LogP contribution in [0.25, 0.3) is 0 Å². The first-order chi connectivity index (χ1) is 8.25. The standard InChI is InChI=1S/C15H24N2/c16-14-3-1-2-4-17(14)15-8-11-5-12(9-15)7-13(6-11)10-15/h11-13,16H,1-10H2. The summed E-state index contributed by atoms with van der Waals surface area (Å²) in [7, 11) is 0. The van der Waals surface area contributed by atoms with Gasteiger partial charge in [0, 0.05) is 18.5 Å². The molecule has 5 rings (SSSR count). The van der Waals surface area contributed by atoms with Crippen LogP contribution in [0.15, 0.2) is 0 Å². The van der Waals surface area contributed by atoms with Crippen LogP contribution < -0.4 is 0 Å². The molecule has 5 fully saturated rings. The molecule has 0 spiro atoms. The van der Waals surface area contributed by atoms with Crippen LogP contribution in [0.4, 0.5) is 0 Å². The summed E-state index contributed by atoms with van der Waals surface area (Å²) < 4.78 is 0. The van der Waals surface area contributed by atoms with Crippen molar-refractivity contribution in [3.05, 3.63) is 0 Å². The molecule has 5 aliphatic rings. The zero-order chi connectivity index (χ0) is 11.5. The molecule has 0 radical (unpaired) electrons. The van der Waals surface area contributed by atoms with Crippen molar-refractivity contribution in [1.82, 2.24) is 4.90 Å². The average Bonchev–Trinajstić information content (AvgIpc) is 2.27. The molecular formula is C15H24N2. The molecule has 4 saturated carbocycles. The van der Waals surface area contributed by atoms with Crippen molar-refractivity contribution in [2.45, 2.75) is 63.3 Å². The zero-order valence-corrected chi connectivity index (χ0v) is 10.8. The van der Waals surface area contributed by atoms with Crippen LogP contribution in [0.3, 0.4) is 0 Å². The molecule has 4 bridgehead atoms. The first-order valence-corrected chi connectivity index (χ1v) is 7.60. The summed E-state index contributed by atoms with van der Waals surface area (Å²) in [6.45, 7) is 1.19. The molecule has 1 saturated heterocycles. The third-order valence-electron chi connectivity index (χ3n) is 5.95. The lowest BCUT2D eigenvalue weighted by molar-refractivity contribution is -0.0654. The Hall–Kier alpha value is -0.530. The van der Waals surface area contributed by atoms with Gasteiger partial charge in [0.2, 0.25) is 0 Å². The lowest BCUT2D eigenvalue weighted by Gasteiger charge is -2.61. The Labute approximate surface area is 104 Å². The van der Waals surface area contributed by atoms with Crippen LogP contribution in [-0.2, 0) is 0 Å². The van der Waals surface area contributed by atoms with Crippen molar-refractivity contribution < 1.29 is 0 Å². The predicted molar refractivity (Wildman–Crippen MR) is 69.2 cm³/mol. The molecule has 2 heteroatoms. The molecule has 1 heterocycles. The minimum atomic E-state index is 0.451. The molecule has 1 N–H and O–H groups in total. The molecule has 17 heavy (non-hydrogen) atoms. The van der Waals surface area contributed by atoms with E-state index in [0.717, 1.165) is 30.0 Å². The van der Waals surface area contributed by atoms with Gasteiger partial charge in [0.1, 0.15) is 0 Å². The minimum Gasteiger partial charge on any atom is -0.355 e. The van der Waals surface area contributed by atoms with E-state index >= 15 is 0 Å². The number of nitrogens with one attached hydrogen (secondary N) is 1. The molecule has 0 unspecified atom stereocenters. The largest absolute Gasteiger partial charge is 0.355 e. The van der Waals surface area contributed by atoms with E-state index in [9.17, 15) is 0 Å². The number of hydrogen-bond acceptors (Lipinski definition) is 1. The fourth-order valence-corrected chi connectivity index (χ4v) is 5.75. The van der Waals surface area contributed by atoms with E-state index in [0.29, 0.717) is 5.54 Å². The highest BCUT2D eigenvalue weighted by Gasteiger charge is 2.54. The number of nitrogens with zero attached hydrogens (tertiary/aromatic N) is 1. The maximum absolute atomic E-state index is 8.31. The van der Waals surface area contributed by atoms with Gasteiger partial charge in [-0.3, -0.25) is 5.41 Å². The fourth-order valence-electron chi connectivity index (χ4n) is 5.75. The summed E-state index contributed by atoms with van der Waals surface area (Å²) in [5.74, 6) is 4.00. The minimum absolute atomic E-state index is 0.451. The van der Waals surface area contributed by atoms with Gasteiger partial charge in [0.25, 0.3) is 0 Å². The second-order valence-corrected chi connectivity index (χ2v) is 7.20. The van der Waals surface area contributed by atoms with E-state index in [1.54, 1.807) is 0 Å². The lowest BCUT2D eigenvalue weighted by Crippen LogP contribution is -2.62. The van der Waals surface area contributed by atoms with Gasteiger partial charge in [-0.1, -0.05) is 0 Å². The maximum atomic E-state index is 8.31. The van der Waals surface area contributed by atoms with Gasteiger partial charge in [0.05, 0.1) is 5.84 Å². The number of piperidine rings is 1. The van der Waals surface area contributed by atoms with E-state index in [4.69, 9.17) is 5.41 Å². The summed E-state index contributed by atoms with van der Waals surface area (Å²) in [5.41, 5.74) is 0.451. The Morgan fingerprint density at radius 1 is 0.941 bits per heavy atom. The summed E-state index contributed by atoms with van der Waals surface area (Å²) in [6.07, 6.45) is 12.4. The average molecular weight is 232 g/mol. The smallest absolute Gasteiger partial charge is 0.0962 e. The van der Waals surface area contributed by atoms with Crippen molar-refractivity contribution in [2.24, 2.45) is 17.8 Å². The summed E-state index contributed by atoms with van der Waals surface area (Å²) in [5, 5.41) is 8.31. The second-order valence-electron chi connectivity index (χ2n) is 7.20. The molecule has 0 aromatic rings. The monoisotopic (exact) mass is 232 g/mol. The van der Waals surface area contributed by atoms with Crippen LogP contribution >= 0.6 is 0 Å². The van der Waals surface area contributed by atoms with Crippen molar-refractivity contribution in [3.8, 4) is 0 Å². The van der Waals surface area contributed by atoms with Gasteiger partial charge in [-0.25, -0.2) is 0 Å². The second kappa shape index (κ2) is 3.49. The van der Waals surface area contributed by atoms with Gasteiger partial charge in [-0.05, 0) is 69.1 Å². The first kappa shape index (κ1) is 10.4. The SMILES string of the molecule is N=C1CCCCN1C12CC3CC(CC(C3)C1)C2. The Bertz CT molecular complexity index is 312. The number of likely N-dealkylation sites (tertiary alicyclic amines) is 1. The van der Waals surface area contributed by atoms with Gasteiger partial charge < -0.3 is 4.90 Å². The molecule has 94 valence electrons. The van der Waals surface area contributed by atoms with E-state index in [2.05, 4.69) is 4.90 Å². The zero-order valence-electron chi connectivity index (χ0n) is 10.8. The Morgan fingerprint density at radius 2 is 1.53 bits per heavy atom. The van der Waals surface area contributed by atoms with Crippen molar-refractivity contribution in [3.63, 3.8) is 0 Å². The quantitative estimate of drug-likeness (QED) is 0.737. The van der Waals surface area contributed by atoms with E-state index < -0.39 is 0 Å². The number of hydrogen-bond donors (Lipinski definition) is 1. The van der Waals surface area contributed by atoms with Gasteiger partial charge in [-0.2, -0.15) is 0 Å². The molecule has 0 atom stereocenters. The van der Waals surface area contributed by atoms with Crippen molar-refractivity contribution >= 4 is 5.84 Å². The summed E-state index contributed by atoms with van der Waals surface area (Å²) in [6, 6.07) is 0. The highest BCUT2D eigenvalue weighted by atomic mass is 15.2. The molecule has 4 aliphatic carbocycles. The third kappa shape index (κ3) is 1.49.